The first kappa shape index (κ1) is 14.3. The van der Waals surface area contributed by atoms with Gasteiger partial charge in [0.05, 0.1) is 17.9 Å². The standard InChI is InChI=1S/C17H17N3O2/c1-10-8-19-14(9-18-10)17(21)20-12(3)16-11(2)13-6-4-5-7-15(13)22-16/h4-9,12H,1-3H3,(H,20,21). The molecule has 0 saturated heterocycles. The molecule has 2 heterocycles. The van der Waals surface area contributed by atoms with E-state index in [4.69, 9.17) is 4.42 Å². The van der Waals surface area contributed by atoms with E-state index in [9.17, 15) is 4.79 Å². The van der Waals surface area contributed by atoms with Crippen molar-refractivity contribution in [3.8, 4) is 0 Å². The molecule has 1 N–H and O–H groups in total. The first-order valence-corrected chi connectivity index (χ1v) is 7.14. The number of furan rings is 1. The van der Waals surface area contributed by atoms with Crippen LogP contribution in [0.5, 0.6) is 0 Å². The molecule has 5 nitrogen and oxygen atoms in total. The van der Waals surface area contributed by atoms with Crippen molar-refractivity contribution in [2.45, 2.75) is 26.8 Å². The topological polar surface area (TPSA) is 68.0 Å². The zero-order chi connectivity index (χ0) is 15.7. The molecule has 5 heteroatoms. The zero-order valence-corrected chi connectivity index (χ0v) is 12.8. The lowest BCUT2D eigenvalue weighted by molar-refractivity contribution is 0.0930. The van der Waals surface area contributed by atoms with Gasteiger partial charge >= 0.3 is 0 Å². The number of rotatable bonds is 3. The summed E-state index contributed by atoms with van der Waals surface area (Å²) in [5.41, 5.74) is 2.94. The molecule has 0 aliphatic heterocycles. The van der Waals surface area contributed by atoms with Gasteiger partial charge in [0.15, 0.2) is 0 Å². The van der Waals surface area contributed by atoms with Crippen LogP contribution in [0.15, 0.2) is 41.1 Å². The lowest BCUT2D eigenvalue weighted by atomic mass is 10.1. The van der Waals surface area contributed by atoms with Gasteiger partial charge in [-0.3, -0.25) is 9.78 Å². The maximum Gasteiger partial charge on any atom is 0.272 e. The van der Waals surface area contributed by atoms with E-state index >= 15 is 0 Å². The predicted molar refractivity (Wildman–Crippen MR) is 83.6 cm³/mol. The highest BCUT2D eigenvalue weighted by atomic mass is 16.3. The molecule has 1 amide bonds. The summed E-state index contributed by atoms with van der Waals surface area (Å²) in [4.78, 5) is 20.4. The van der Waals surface area contributed by atoms with Crippen LogP contribution in [0, 0.1) is 13.8 Å². The van der Waals surface area contributed by atoms with Crippen molar-refractivity contribution in [2.24, 2.45) is 0 Å². The monoisotopic (exact) mass is 295 g/mol. The molecule has 0 fully saturated rings. The molecule has 0 aliphatic rings. The summed E-state index contributed by atoms with van der Waals surface area (Å²) < 4.78 is 5.87. The molecule has 0 bridgehead atoms. The van der Waals surface area contributed by atoms with Crippen molar-refractivity contribution in [1.29, 1.82) is 0 Å². The normalized spacial score (nSPS) is 12.3. The number of aryl methyl sites for hydroxylation is 2. The summed E-state index contributed by atoms with van der Waals surface area (Å²) in [6.07, 6.45) is 3.05. The smallest absolute Gasteiger partial charge is 0.272 e. The average molecular weight is 295 g/mol. The highest BCUT2D eigenvalue weighted by Gasteiger charge is 2.19. The Labute approximate surface area is 128 Å². The molecule has 0 saturated carbocycles. The Bertz CT molecular complexity index is 822. The third kappa shape index (κ3) is 2.57. The molecule has 0 spiro atoms. The Morgan fingerprint density at radius 2 is 1.95 bits per heavy atom. The number of nitrogens with zero attached hydrogens (tertiary/aromatic N) is 2. The van der Waals surface area contributed by atoms with E-state index in [1.807, 2.05) is 45.0 Å². The molecular weight excluding hydrogens is 278 g/mol. The number of hydrogen-bond acceptors (Lipinski definition) is 4. The summed E-state index contributed by atoms with van der Waals surface area (Å²) in [6, 6.07) is 7.59. The maximum atomic E-state index is 12.2. The third-order valence-electron chi connectivity index (χ3n) is 3.64. The maximum absolute atomic E-state index is 12.2. The summed E-state index contributed by atoms with van der Waals surface area (Å²) in [7, 11) is 0. The van der Waals surface area contributed by atoms with Gasteiger partial charge in [0.1, 0.15) is 17.0 Å². The van der Waals surface area contributed by atoms with Crippen molar-refractivity contribution in [1.82, 2.24) is 15.3 Å². The van der Waals surface area contributed by atoms with E-state index in [-0.39, 0.29) is 11.9 Å². The van der Waals surface area contributed by atoms with Crippen LogP contribution >= 0.6 is 0 Å². The molecule has 1 unspecified atom stereocenters. The number of fused-ring (bicyclic) bond motifs is 1. The molecule has 0 aliphatic carbocycles. The molecule has 2 aromatic heterocycles. The molecule has 1 aromatic carbocycles. The minimum absolute atomic E-state index is 0.247. The van der Waals surface area contributed by atoms with Crippen LogP contribution in [0.1, 0.15) is 40.5 Å². The van der Waals surface area contributed by atoms with Gasteiger partial charge in [0, 0.05) is 17.1 Å². The van der Waals surface area contributed by atoms with Gasteiger partial charge in [0.2, 0.25) is 0 Å². The largest absolute Gasteiger partial charge is 0.459 e. The highest BCUT2D eigenvalue weighted by Crippen LogP contribution is 2.29. The zero-order valence-electron chi connectivity index (χ0n) is 12.8. The van der Waals surface area contributed by atoms with Crippen LogP contribution in [0.3, 0.4) is 0 Å². The van der Waals surface area contributed by atoms with Crippen LogP contribution < -0.4 is 5.32 Å². The van der Waals surface area contributed by atoms with E-state index in [0.717, 1.165) is 28.0 Å². The van der Waals surface area contributed by atoms with Crippen LogP contribution in [0.4, 0.5) is 0 Å². The van der Waals surface area contributed by atoms with Crippen LogP contribution in [-0.4, -0.2) is 15.9 Å². The van der Waals surface area contributed by atoms with Crippen molar-refractivity contribution < 1.29 is 9.21 Å². The van der Waals surface area contributed by atoms with E-state index in [1.165, 1.54) is 6.20 Å². The molecular formula is C17H17N3O2. The molecule has 3 aromatic rings. The fourth-order valence-electron chi connectivity index (χ4n) is 2.45. The summed E-state index contributed by atoms with van der Waals surface area (Å²) >= 11 is 0. The van der Waals surface area contributed by atoms with Crippen LogP contribution in [0.25, 0.3) is 11.0 Å². The van der Waals surface area contributed by atoms with E-state index in [1.54, 1.807) is 6.20 Å². The van der Waals surface area contributed by atoms with Gasteiger partial charge < -0.3 is 9.73 Å². The van der Waals surface area contributed by atoms with Crippen molar-refractivity contribution in [3.63, 3.8) is 0 Å². The molecule has 0 radical (unpaired) electrons. The number of carbonyl (C=O) groups is 1. The summed E-state index contributed by atoms with van der Waals surface area (Å²) in [6.45, 7) is 5.72. The average Bonchev–Trinajstić information content (AvgIpc) is 2.85. The van der Waals surface area contributed by atoms with Crippen LogP contribution in [0.2, 0.25) is 0 Å². The van der Waals surface area contributed by atoms with Gasteiger partial charge in [-0.25, -0.2) is 4.98 Å². The molecule has 112 valence electrons. The Kier molecular flexibility index (Phi) is 3.63. The van der Waals surface area contributed by atoms with Crippen molar-refractivity contribution >= 4 is 16.9 Å². The van der Waals surface area contributed by atoms with E-state index < -0.39 is 0 Å². The SMILES string of the molecule is Cc1cnc(C(=O)NC(C)c2oc3ccccc3c2C)cn1. The number of hydrogen-bond donors (Lipinski definition) is 1. The number of nitrogens with one attached hydrogen (secondary N) is 1. The van der Waals surface area contributed by atoms with Gasteiger partial charge in [0.25, 0.3) is 5.91 Å². The van der Waals surface area contributed by atoms with E-state index in [2.05, 4.69) is 15.3 Å². The number of para-hydroxylation sites is 1. The van der Waals surface area contributed by atoms with Crippen molar-refractivity contribution in [2.75, 3.05) is 0 Å². The lowest BCUT2D eigenvalue weighted by Gasteiger charge is -2.12. The van der Waals surface area contributed by atoms with Gasteiger partial charge in [-0.15, -0.1) is 0 Å². The number of benzene rings is 1. The second kappa shape index (κ2) is 5.60. The Morgan fingerprint density at radius 3 is 2.64 bits per heavy atom. The predicted octanol–water partition coefficient (Wildman–Crippen LogP) is 3.33. The second-order valence-corrected chi connectivity index (χ2v) is 5.33. The van der Waals surface area contributed by atoms with Gasteiger partial charge in [-0.05, 0) is 26.8 Å². The minimum Gasteiger partial charge on any atom is -0.459 e. The van der Waals surface area contributed by atoms with Crippen molar-refractivity contribution in [3.05, 3.63) is 59.4 Å². The Balaban J connectivity index is 1.83. The van der Waals surface area contributed by atoms with Gasteiger partial charge in [-0.2, -0.15) is 0 Å². The van der Waals surface area contributed by atoms with Crippen LogP contribution in [-0.2, 0) is 0 Å². The lowest BCUT2D eigenvalue weighted by Crippen LogP contribution is -2.27. The van der Waals surface area contributed by atoms with Gasteiger partial charge in [-0.1, -0.05) is 18.2 Å². The minimum atomic E-state index is -0.264. The fourth-order valence-corrected chi connectivity index (χ4v) is 2.45. The first-order chi connectivity index (χ1) is 10.6. The number of amides is 1. The second-order valence-electron chi connectivity index (χ2n) is 5.33. The number of aromatic nitrogens is 2. The molecule has 22 heavy (non-hydrogen) atoms. The summed E-state index contributed by atoms with van der Waals surface area (Å²) in [5, 5.41) is 3.96. The molecule has 1 atom stereocenters. The summed E-state index contributed by atoms with van der Waals surface area (Å²) in [5.74, 6) is 0.495. The Morgan fingerprint density at radius 1 is 1.18 bits per heavy atom. The first-order valence-electron chi connectivity index (χ1n) is 7.14. The highest BCUT2D eigenvalue weighted by molar-refractivity contribution is 5.92. The Hall–Kier alpha value is -2.69. The third-order valence-corrected chi connectivity index (χ3v) is 3.64. The quantitative estimate of drug-likeness (QED) is 0.804. The molecule has 3 rings (SSSR count). The number of carbonyl (C=O) groups excluding carboxylic acids is 1. The fraction of sp³-hybridized carbons (Fsp3) is 0.235. The van der Waals surface area contributed by atoms with E-state index in [0.29, 0.717) is 5.69 Å².